The Kier molecular flexibility index (Phi) is 5.60. The van der Waals surface area contributed by atoms with E-state index in [0.29, 0.717) is 19.4 Å². The Balaban J connectivity index is 1.75. The van der Waals surface area contributed by atoms with E-state index in [1.165, 1.54) is 4.88 Å². The number of hydrogen-bond acceptors (Lipinski definition) is 3. The number of hydrogen-bond donors (Lipinski definition) is 2. The number of amides is 1. The number of carboxylic acids is 1. The van der Waals surface area contributed by atoms with Crippen molar-refractivity contribution in [3.8, 4) is 0 Å². The maximum Gasteiger partial charge on any atom is 0.306 e. The molecule has 1 fully saturated rings. The Morgan fingerprint density at radius 1 is 1.35 bits per heavy atom. The summed E-state index contributed by atoms with van der Waals surface area (Å²) in [5, 5.41) is 12.0. The van der Waals surface area contributed by atoms with Gasteiger partial charge in [-0.15, -0.1) is 11.3 Å². The van der Waals surface area contributed by atoms with Gasteiger partial charge >= 0.3 is 5.97 Å². The maximum absolute atomic E-state index is 12.1. The van der Waals surface area contributed by atoms with E-state index >= 15 is 0 Å². The second kappa shape index (κ2) is 7.22. The van der Waals surface area contributed by atoms with Crippen LogP contribution in [-0.4, -0.2) is 23.5 Å². The van der Waals surface area contributed by atoms with Gasteiger partial charge in [0.25, 0.3) is 0 Å². The summed E-state index contributed by atoms with van der Waals surface area (Å²) >= 11 is 5.08. The summed E-state index contributed by atoms with van der Waals surface area (Å²) < 4.78 is 1.09. The van der Waals surface area contributed by atoms with Crippen molar-refractivity contribution in [3.05, 3.63) is 20.8 Å². The maximum atomic E-state index is 12.1. The number of carbonyl (C=O) groups is 2. The Hall–Kier alpha value is -0.880. The molecule has 1 aliphatic carbocycles. The molecule has 2 N–H and O–H groups in total. The van der Waals surface area contributed by atoms with E-state index in [1.807, 2.05) is 12.1 Å². The lowest BCUT2D eigenvalue weighted by molar-refractivity contribution is -0.144. The van der Waals surface area contributed by atoms with Crippen LogP contribution in [0, 0.1) is 11.8 Å². The zero-order valence-electron chi connectivity index (χ0n) is 11.1. The molecule has 2 rings (SSSR count). The van der Waals surface area contributed by atoms with E-state index in [4.69, 9.17) is 5.11 Å². The molecule has 1 heterocycles. The number of halogens is 1. The predicted octanol–water partition coefficient (Wildman–Crippen LogP) is 3.06. The van der Waals surface area contributed by atoms with Crippen molar-refractivity contribution >= 4 is 39.1 Å². The molecule has 1 aromatic heterocycles. The number of aliphatic carboxylic acids is 1. The fourth-order valence-corrected chi connectivity index (χ4v) is 4.07. The fourth-order valence-electron chi connectivity index (χ4n) is 2.59. The van der Waals surface area contributed by atoms with Crippen LogP contribution in [0.4, 0.5) is 0 Å². The van der Waals surface area contributed by atoms with Gasteiger partial charge in [-0.1, -0.05) is 6.42 Å². The summed E-state index contributed by atoms with van der Waals surface area (Å²) in [4.78, 5) is 24.3. The van der Waals surface area contributed by atoms with E-state index in [-0.39, 0.29) is 17.7 Å². The lowest BCUT2D eigenvalue weighted by atomic mass is 9.81. The smallest absolute Gasteiger partial charge is 0.306 e. The minimum atomic E-state index is -0.772. The van der Waals surface area contributed by atoms with E-state index in [9.17, 15) is 9.59 Å². The zero-order valence-corrected chi connectivity index (χ0v) is 13.5. The third kappa shape index (κ3) is 4.31. The fraction of sp³-hybridized carbons (Fsp3) is 0.571. The largest absolute Gasteiger partial charge is 0.481 e. The van der Waals surface area contributed by atoms with Crippen LogP contribution >= 0.6 is 27.3 Å². The van der Waals surface area contributed by atoms with Crippen LogP contribution < -0.4 is 5.32 Å². The Morgan fingerprint density at radius 2 is 2.10 bits per heavy atom. The first-order valence-electron chi connectivity index (χ1n) is 6.81. The van der Waals surface area contributed by atoms with Gasteiger partial charge in [0, 0.05) is 17.3 Å². The Bertz CT molecular complexity index is 489. The number of thiophene rings is 1. The molecule has 0 saturated heterocycles. The van der Waals surface area contributed by atoms with Crippen LogP contribution in [-0.2, 0) is 16.0 Å². The van der Waals surface area contributed by atoms with Crippen LogP contribution in [0.15, 0.2) is 15.9 Å². The average Bonchev–Trinajstić information content (AvgIpc) is 2.84. The van der Waals surface area contributed by atoms with E-state index in [0.717, 1.165) is 23.0 Å². The van der Waals surface area contributed by atoms with E-state index in [1.54, 1.807) is 11.3 Å². The molecule has 1 saturated carbocycles. The van der Waals surface area contributed by atoms with Crippen molar-refractivity contribution in [1.29, 1.82) is 0 Å². The molecule has 2 atom stereocenters. The molecule has 0 aliphatic heterocycles. The third-order valence-corrected chi connectivity index (χ3v) is 5.38. The van der Waals surface area contributed by atoms with Crippen molar-refractivity contribution in [3.63, 3.8) is 0 Å². The molecule has 1 aliphatic rings. The second-order valence-electron chi connectivity index (χ2n) is 5.15. The standard InChI is InChI=1S/C14H18BrNO3S/c15-12-5-4-11(20-12)6-7-16-13(17)9-2-1-3-10(8-9)14(18)19/h4-5,9-10H,1-3,6-8H2,(H,16,17)(H,18,19). The molecule has 1 amide bonds. The second-order valence-corrected chi connectivity index (χ2v) is 7.69. The van der Waals surface area contributed by atoms with Crippen LogP contribution in [0.3, 0.4) is 0 Å². The summed E-state index contributed by atoms with van der Waals surface area (Å²) in [7, 11) is 0. The Labute approximate surface area is 130 Å². The lowest BCUT2D eigenvalue weighted by Gasteiger charge is -2.25. The molecular weight excluding hydrogens is 342 g/mol. The molecular formula is C14H18BrNO3S. The quantitative estimate of drug-likeness (QED) is 0.848. The molecule has 0 bridgehead atoms. The number of carboxylic acid groups (broad SMARTS) is 1. The van der Waals surface area contributed by atoms with Gasteiger partial charge in [-0.05, 0) is 53.7 Å². The van der Waals surface area contributed by atoms with Crippen molar-refractivity contribution in [2.45, 2.75) is 32.1 Å². The van der Waals surface area contributed by atoms with Crippen molar-refractivity contribution in [2.24, 2.45) is 11.8 Å². The zero-order chi connectivity index (χ0) is 14.5. The highest BCUT2D eigenvalue weighted by atomic mass is 79.9. The molecule has 110 valence electrons. The van der Waals surface area contributed by atoms with Gasteiger partial charge in [0.05, 0.1) is 9.70 Å². The number of rotatable bonds is 5. The summed E-state index contributed by atoms with van der Waals surface area (Å²) in [6.45, 7) is 0.611. The Morgan fingerprint density at radius 3 is 2.75 bits per heavy atom. The van der Waals surface area contributed by atoms with Crippen LogP contribution in [0.1, 0.15) is 30.6 Å². The summed E-state index contributed by atoms with van der Waals surface area (Å²) in [5.41, 5.74) is 0. The van der Waals surface area contributed by atoms with Gasteiger partial charge in [-0.3, -0.25) is 9.59 Å². The van der Waals surface area contributed by atoms with Gasteiger partial charge < -0.3 is 10.4 Å². The van der Waals surface area contributed by atoms with E-state index < -0.39 is 5.97 Å². The van der Waals surface area contributed by atoms with Gasteiger partial charge in [0.1, 0.15) is 0 Å². The monoisotopic (exact) mass is 359 g/mol. The van der Waals surface area contributed by atoms with E-state index in [2.05, 4.69) is 21.2 Å². The first-order valence-corrected chi connectivity index (χ1v) is 8.42. The SMILES string of the molecule is O=C(O)C1CCCC(C(=O)NCCc2ccc(Br)s2)C1. The molecule has 20 heavy (non-hydrogen) atoms. The number of nitrogens with one attached hydrogen (secondary N) is 1. The van der Waals surface area contributed by atoms with Crippen LogP contribution in [0.5, 0.6) is 0 Å². The van der Waals surface area contributed by atoms with Gasteiger partial charge in [0.15, 0.2) is 0 Å². The van der Waals surface area contributed by atoms with Gasteiger partial charge in [-0.25, -0.2) is 0 Å². The molecule has 4 nitrogen and oxygen atoms in total. The van der Waals surface area contributed by atoms with Crippen molar-refractivity contribution in [1.82, 2.24) is 5.32 Å². The average molecular weight is 360 g/mol. The number of carbonyl (C=O) groups excluding carboxylic acids is 1. The van der Waals surface area contributed by atoms with Crippen LogP contribution in [0.25, 0.3) is 0 Å². The van der Waals surface area contributed by atoms with Crippen LogP contribution in [0.2, 0.25) is 0 Å². The molecule has 0 radical (unpaired) electrons. The first-order chi connectivity index (χ1) is 9.56. The summed E-state index contributed by atoms with van der Waals surface area (Å²) in [6.07, 6.45) is 3.62. The molecule has 6 heteroatoms. The van der Waals surface area contributed by atoms with Gasteiger partial charge in [0.2, 0.25) is 5.91 Å². The van der Waals surface area contributed by atoms with Crippen molar-refractivity contribution < 1.29 is 14.7 Å². The normalized spacial score (nSPS) is 22.4. The lowest BCUT2D eigenvalue weighted by Crippen LogP contribution is -2.36. The topological polar surface area (TPSA) is 66.4 Å². The minimum absolute atomic E-state index is 0.00609. The predicted molar refractivity (Wildman–Crippen MR) is 81.8 cm³/mol. The highest BCUT2D eigenvalue weighted by Gasteiger charge is 2.30. The summed E-state index contributed by atoms with van der Waals surface area (Å²) in [6, 6.07) is 4.04. The summed E-state index contributed by atoms with van der Waals surface area (Å²) in [5.74, 6) is -1.26. The molecule has 0 aromatic carbocycles. The minimum Gasteiger partial charge on any atom is -0.481 e. The molecule has 2 unspecified atom stereocenters. The van der Waals surface area contributed by atoms with Gasteiger partial charge in [-0.2, -0.15) is 0 Å². The first kappa shape index (κ1) is 15.5. The molecule has 1 aromatic rings. The third-order valence-electron chi connectivity index (χ3n) is 3.69. The highest BCUT2D eigenvalue weighted by molar-refractivity contribution is 9.11. The van der Waals surface area contributed by atoms with Crippen molar-refractivity contribution in [2.75, 3.05) is 6.54 Å². The molecule has 0 spiro atoms. The highest BCUT2D eigenvalue weighted by Crippen LogP contribution is 2.29.